The van der Waals surface area contributed by atoms with Gasteiger partial charge in [-0.05, 0) is 13.8 Å². The van der Waals surface area contributed by atoms with E-state index in [1.165, 1.54) is 13.8 Å². The van der Waals surface area contributed by atoms with Crippen molar-refractivity contribution in [2.24, 2.45) is 0 Å². The van der Waals surface area contributed by atoms with Crippen LogP contribution in [0.2, 0.25) is 0 Å². The lowest BCUT2D eigenvalue weighted by Gasteiger charge is -2.24. The molecular formula is C11H12F3N3O4. The Morgan fingerprint density at radius 2 is 2.14 bits per heavy atom. The number of alkyl halides is 3. The molecule has 1 aliphatic rings. The number of aromatic nitrogens is 1. The fraction of sp³-hybridized carbons (Fsp3) is 0.545. The Kier molecular flexibility index (Phi) is 3.56. The highest BCUT2D eigenvalue weighted by Gasteiger charge is 2.39. The zero-order valence-corrected chi connectivity index (χ0v) is 11.1. The molecule has 1 aliphatic heterocycles. The minimum Gasteiger partial charge on any atom is -0.447 e. The Morgan fingerprint density at radius 3 is 2.62 bits per heavy atom. The van der Waals surface area contributed by atoms with Crippen molar-refractivity contribution in [2.75, 3.05) is 6.61 Å². The van der Waals surface area contributed by atoms with Crippen LogP contribution in [0.15, 0.2) is 10.6 Å². The molecule has 116 valence electrons. The van der Waals surface area contributed by atoms with E-state index in [9.17, 15) is 22.8 Å². The number of hydrogen-bond acceptors (Lipinski definition) is 5. The fourth-order valence-electron chi connectivity index (χ4n) is 1.69. The number of carbonyl (C=O) groups excluding carboxylic acids is 2. The van der Waals surface area contributed by atoms with Gasteiger partial charge in [0.2, 0.25) is 11.7 Å². The van der Waals surface area contributed by atoms with E-state index in [2.05, 4.69) is 25.1 Å². The third kappa shape index (κ3) is 3.26. The van der Waals surface area contributed by atoms with Crippen LogP contribution in [0.1, 0.15) is 25.3 Å². The average Bonchev–Trinajstić information content (AvgIpc) is 2.95. The smallest absolute Gasteiger partial charge is 0.447 e. The van der Waals surface area contributed by atoms with Crippen molar-refractivity contribution in [2.45, 2.75) is 31.6 Å². The predicted octanol–water partition coefficient (Wildman–Crippen LogP) is 1.15. The van der Waals surface area contributed by atoms with Crippen LogP contribution in [0.5, 0.6) is 0 Å². The summed E-state index contributed by atoms with van der Waals surface area (Å²) in [5.41, 5.74) is -1.30. The van der Waals surface area contributed by atoms with Crippen molar-refractivity contribution in [1.29, 1.82) is 0 Å². The number of hydrogen-bond donors (Lipinski definition) is 2. The van der Waals surface area contributed by atoms with Gasteiger partial charge in [-0.1, -0.05) is 5.16 Å². The van der Waals surface area contributed by atoms with Gasteiger partial charge in [0.25, 0.3) is 0 Å². The van der Waals surface area contributed by atoms with Crippen molar-refractivity contribution in [3.63, 3.8) is 0 Å². The highest BCUT2D eigenvalue weighted by molar-refractivity contribution is 5.88. The highest BCUT2D eigenvalue weighted by Crippen LogP contribution is 2.32. The first-order chi connectivity index (χ1) is 9.59. The second kappa shape index (κ2) is 4.93. The van der Waals surface area contributed by atoms with E-state index < -0.39 is 35.5 Å². The van der Waals surface area contributed by atoms with Gasteiger partial charge in [-0.3, -0.25) is 4.79 Å². The van der Waals surface area contributed by atoms with E-state index >= 15 is 0 Å². The second-order valence-electron chi connectivity index (χ2n) is 4.98. The quantitative estimate of drug-likeness (QED) is 0.874. The van der Waals surface area contributed by atoms with Crippen LogP contribution in [0, 0.1) is 0 Å². The average molecular weight is 307 g/mol. The van der Waals surface area contributed by atoms with Gasteiger partial charge in [-0.15, -0.1) is 0 Å². The number of nitrogens with one attached hydrogen (secondary N) is 2. The Morgan fingerprint density at radius 1 is 1.48 bits per heavy atom. The second-order valence-corrected chi connectivity index (χ2v) is 4.98. The molecule has 21 heavy (non-hydrogen) atoms. The molecule has 1 atom stereocenters. The normalized spacial score (nSPS) is 19.1. The number of nitrogens with zero attached hydrogens (tertiary/aromatic N) is 1. The first-order valence-corrected chi connectivity index (χ1v) is 5.89. The molecule has 0 radical (unpaired) electrons. The van der Waals surface area contributed by atoms with Crippen LogP contribution < -0.4 is 10.6 Å². The Hall–Kier alpha value is -2.26. The molecule has 0 bridgehead atoms. The molecule has 7 nitrogen and oxygen atoms in total. The lowest BCUT2D eigenvalue weighted by Crippen LogP contribution is -2.50. The van der Waals surface area contributed by atoms with Crippen molar-refractivity contribution < 1.29 is 32.0 Å². The van der Waals surface area contributed by atoms with Crippen LogP contribution in [0.25, 0.3) is 0 Å². The van der Waals surface area contributed by atoms with Crippen molar-refractivity contribution in [1.82, 2.24) is 15.8 Å². The lowest BCUT2D eigenvalue weighted by atomic mass is 9.99. The molecule has 2 amide bonds. The standard InChI is InChI=1S/C11H12F3N3O4/c1-10(2,6-3-7(21-17-6)11(12,13)14)16-8(18)5-4-20-9(19)15-5/h3,5H,4H2,1-2H3,(H,15,19)(H,16,18). The summed E-state index contributed by atoms with van der Waals surface area (Å²) >= 11 is 0. The van der Waals surface area contributed by atoms with Crippen molar-refractivity contribution >= 4 is 12.0 Å². The van der Waals surface area contributed by atoms with Gasteiger partial charge in [-0.2, -0.15) is 13.2 Å². The molecule has 10 heteroatoms. The van der Waals surface area contributed by atoms with Gasteiger partial charge in [-0.25, -0.2) is 4.79 Å². The highest BCUT2D eigenvalue weighted by atomic mass is 19.4. The molecule has 1 aromatic heterocycles. The maximum absolute atomic E-state index is 12.5. The zero-order valence-electron chi connectivity index (χ0n) is 11.1. The third-order valence-electron chi connectivity index (χ3n) is 2.86. The van der Waals surface area contributed by atoms with Crippen molar-refractivity contribution in [3.8, 4) is 0 Å². The molecule has 0 aromatic carbocycles. The van der Waals surface area contributed by atoms with Crippen LogP contribution in [-0.2, 0) is 21.2 Å². The summed E-state index contributed by atoms with van der Waals surface area (Å²) in [6.07, 6.45) is -5.38. The fourth-order valence-corrected chi connectivity index (χ4v) is 1.69. The van der Waals surface area contributed by atoms with E-state index in [4.69, 9.17) is 0 Å². The maximum Gasteiger partial charge on any atom is 0.452 e. The molecule has 1 saturated heterocycles. The summed E-state index contributed by atoms with van der Waals surface area (Å²) < 4.78 is 46.1. The van der Waals surface area contributed by atoms with Gasteiger partial charge >= 0.3 is 12.3 Å². The van der Waals surface area contributed by atoms with Gasteiger partial charge < -0.3 is 19.9 Å². The van der Waals surface area contributed by atoms with Crippen molar-refractivity contribution in [3.05, 3.63) is 17.5 Å². The van der Waals surface area contributed by atoms with E-state index in [0.717, 1.165) is 0 Å². The number of cyclic esters (lactones) is 1. The largest absolute Gasteiger partial charge is 0.452 e. The topological polar surface area (TPSA) is 93.5 Å². The minimum atomic E-state index is -4.65. The first-order valence-electron chi connectivity index (χ1n) is 5.89. The van der Waals surface area contributed by atoms with Crippen LogP contribution in [0.3, 0.4) is 0 Å². The molecule has 2 heterocycles. The molecule has 1 aromatic rings. The van der Waals surface area contributed by atoms with Gasteiger partial charge in [0, 0.05) is 6.07 Å². The lowest BCUT2D eigenvalue weighted by molar-refractivity contribution is -0.155. The molecule has 1 unspecified atom stereocenters. The number of halogens is 3. The molecule has 0 aliphatic carbocycles. The Labute approximate surface area is 116 Å². The summed E-state index contributed by atoms with van der Waals surface area (Å²) in [5, 5.41) is 8.06. The minimum absolute atomic E-state index is 0.0894. The van der Waals surface area contributed by atoms with Crippen LogP contribution in [0.4, 0.5) is 18.0 Å². The monoisotopic (exact) mass is 307 g/mol. The molecule has 1 fully saturated rings. The van der Waals surface area contributed by atoms with E-state index in [1.54, 1.807) is 0 Å². The number of carbonyl (C=O) groups is 2. The van der Waals surface area contributed by atoms with Gasteiger partial charge in [0.1, 0.15) is 18.3 Å². The van der Waals surface area contributed by atoms with E-state index in [1.807, 2.05) is 0 Å². The summed E-state index contributed by atoms with van der Waals surface area (Å²) in [5.74, 6) is -1.85. The van der Waals surface area contributed by atoms with E-state index in [-0.39, 0.29) is 12.3 Å². The summed E-state index contributed by atoms with van der Waals surface area (Å²) in [4.78, 5) is 22.7. The zero-order chi connectivity index (χ0) is 15.8. The number of amides is 2. The predicted molar refractivity (Wildman–Crippen MR) is 60.9 cm³/mol. The summed E-state index contributed by atoms with van der Waals surface area (Å²) in [7, 11) is 0. The maximum atomic E-state index is 12.5. The molecule has 2 N–H and O–H groups in total. The number of ether oxygens (including phenoxy) is 1. The SMILES string of the molecule is CC(C)(NC(=O)C1COC(=O)N1)c1cc(C(F)(F)F)on1. The summed E-state index contributed by atoms with van der Waals surface area (Å²) in [6, 6.07) is -0.185. The van der Waals surface area contributed by atoms with Gasteiger partial charge in [0.05, 0.1) is 5.54 Å². The number of alkyl carbamates (subject to hydrolysis) is 1. The summed E-state index contributed by atoms with van der Waals surface area (Å²) in [6.45, 7) is 2.77. The van der Waals surface area contributed by atoms with Gasteiger partial charge in [0.15, 0.2) is 0 Å². The Balaban J connectivity index is 2.09. The third-order valence-corrected chi connectivity index (χ3v) is 2.86. The van der Waals surface area contributed by atoms with Crippen LogP contribution in [-0.4, -0.2) is 29.8 Å². The first kappa shape index (κ1) is 15.1. The molecule has 0 saturated carbocycles. The molecule has 0 spiro atoms. The Bertz CT molecular complexity index is 567. The van der Waals surface area contributed by atoms with E-state index in [0.29, 0.717) is 6.07 Å². The van der Waals surface area contributed by atoms with Crippen LogP contribution >= 0.6 is 0 Å². The molecule has 2 rings (SSSR count). The number of rotatable bonds is 3. The molecular weight excluding hydrogens is 295 g/mol.